The number of hydrogen-bond acceptors (Lipinski definition) is 7. The van der Waals surface area contributed by atoms with E-state index in [4.69, 9.17) is 0 Å². The molecule has 1 unspecified atom stereocenters. The number of carbonyl (C=O) groups is 1. The molecular formula is C19H26N4O3S3. The highest BCUT2D eigenvalue weighted by Gasteiger charge is 2.34. The molecule has 158 valence electrons. The highest BCUT2D eigenvalue weighted by molar-refractivity contribution is 7.91. The summed E-state index contributed by atoms with van der Waals surface area (Å²) in [5.41, 5.74) is 0. The summed E-state index contributed by atoms with van der Waals surface area (Å²) < 4.78 is 27.6. The van der Waals surface area contributed by atoms with Crippen LogP contribution in [-0.4, -0.2) is 41.9 Å². The van der Waals surface area contributed by atoms with E-state index >= 15 is 0 Å². The van der Waals surface area contributed by atoms with Crippen molar-refractivity contribution in [1.29, 1.82) is 0 Å². The van der Waals surface area contributed by atoms with Crippen molar-refractivity contribution in [2.75, 3.05) is 18.4 Å². The molecular weight excluding hydrogens is 428 g/mol. The summed E-state index contributed by atoms with van der Waals surface area (Å²) in [4.78, 5) is 13.7. The van der Waals surface area contributed by atoms with Crippen molar-refractivity contribution < 1.29 is 13.2 Å². The first-order valence-corrected chi connectivity index (χ1v) is 13.2. The SMILES string of the molecule is Cc1ccc(S(=O)(=O)N2CCCC(C(=O)Nc3nnc(C4CCCCC4)s3)C2)s1. The molecule has 1 aliphatic heterocycles. The van der Waals surface area contributed by atoms with Crippen LogP contribution < -0.4 is 5.32 Å². The number of piperidine rings is 1. The number of amides is 1. The van der Waals surface area contributed by atoms with Crippen LogP contribution >= 0.6 is 22.7 Å². The van der Waals surface area contributed by atoms with Crippen LogP contribution in [-0.2, 0) is 14.8 Å². The lowest BCUT2D eigenvalue weighted by atomic mass is 9.90. The Balaban J connectivity index is 1.39. The lowest BCUT2D eigenvalue weighted by Gasteiger charge is -2.30. The zero-order valence-electron chi connectivity index (χ0n) is 16.5. The smallest absolute Gasteiger partial charge is 0.252 e. The minimum absolute atomic E-state index is 0.168. The minimum atomic E-state index is -3.54. The molecule has 0 radical (unpaired) electrons. The van der Waals surface area contributed by atoms with Gasteiger partial charge in [0.1, 0.15) is 9.22 Å². The number of rotatable bonds is 5. The monoisotopic (exact) mass is 454 g/mol. The van der Waals surface area contributed by atoms with Crippen molar-refractivity contribution in [3.63, 3.8) is 0 Å². The Hall–Kier alpha value is -1.36. The van der Waals surface area contributed by atoms with Crippen molar-refractivity contribution in [3.8, 4) is 0 Å². The minimum Gasteiger partial charge on any atom is -0.300 e. The van der Waals surface area contributed by atoms with E-state index in [1.54, 1.807) is 6.07 Å². The van der Waals surface area contributed by atoms with E-state index in [0.717, 1.165) is 22.7 Å². The Morgan fingerprint density at radius 1 is 1.10 bits per heavy atom. The number of aryl methyl sites for hydroxylation is 1. The van der Waals surface area contributed by atoms with E-state index in [1.165, 1.54) is 46.2 Å². The molecule has 1 amide bonds. The largest absolute Gasteiger partial charge is 0.300 e. The number of thiophene rings is 1. The third-order valence-electron chi connectivity index (χ3n) is 5.69. The number of nitrogens with zero attached hydrogens (tertiary/aromatic N) is 3. The van der Waals surface area contributed by atoms with E-state index in [0.29, 0.717) is 34.6 Å². The average molecular weight is 455 g/mol. The molecule has 0 bridgehead atoms. The molecule has 7 nitrogen and oxygen atoms in total. The molecule has 1 saturated heterocycles. The molecule has 1 aliphatic carbocycles. The second-order valence-corrected chi connectivity index (χ2v) is 12.3. The van der Waals surface area contributed by atoms with Gasteiger partial charge in [0.25, 0.3) is 10.0 Å². The number of sulfonamides is 1. The predicted molar refractivity (Wildman–Crippen MR) is 115 cm³/mol. The Kier molecular flexibility index (Phi) is 6.33. The van der Waals surface area contributed by atoms with Crippen LogP contribution in [0.5, 0.6) is 0 Å². The first-order chi connectivity index (χ1) is 13.9. The van der Waals surface area contributed by atoms with Crippen LogP contribution in [0.25, 0.3) is 0 Å². The quantitative estimate of drug-likeness (QED) is 0.737. The maximum Gasteiger partial charge on any atom is 0.252 e. The maximum absolute atomic E-state index is 12.9. The molecule has 2 aromatic rings. The standard InChI is InChI=1S/C19H26N4O3S3/c1-13-9-10-16(27-13)29(25,26)23-11-5-8-15(12-23)17(24)20-19-22-21-18(28-19)14-6-3-2-4-7-14/h9-10,14-15H,2-8,11-12H2,1H3,(H,20,22,24). The van der Waals surface area contributed by atoms with Crippen molar-refractivity contribution in [3.05, 3.63) is 22.0 Å². The fourth-order valence-electron chi connectivity index (χ4n) is 4.06. The van der Waals surface area contributed by atoms with E-state index in [1.807, 2.05) is 13.0 Å². The predicted octanol–water partition coefficient (Wildman–Crippen LogP) is 4.00. The zero-order valence-corrected chi connectivity index (χ0v) is 18.9. The Labute approximate surface area is 179 Å². The van der Waals surface area contributed by atoms with Gasteiger partial charge in [0.15, 0.2) is 0 Å². The van der Waals surface area contributed by atoms with Crippen LogP contribution in [0.3, 0.4) is 0 Å². The van der Waals surface area contributed by atoms with Gasteiger partial charge in [-0.15, -0.1) is 21.5 Å². The lowest BCUT2D eigenvalue weighted by molar-refractivity contribution is -0.120. The van der Waals surface area contributed by atoms with Crippen LogP contribution in [0.15, 0.2) is 16.3 Å². The van der Waals surface area contributed by atoms with Gasteiger partial charge < -0.3 is 5.32 Å². The number of nitrogens with one attached hydrogen (secondary N) is 1. The number of aromatic nitrogens is 2. The van der Waals surface area contributed by atoms with Gasteiger partial charge in [0, 0.05) is 23.9 Å². The third kappa shape index (κ3) is 4.70. The van der Waals surface area contributed by atoms with Crippen molar-refractivity contribution in [1.82, 2.24) is 14.5 Å². The maximum atomic E-state index is 12.9. The van der Waals surface area contributed by atoms with Gasteiger partial charge in [-0.2, -0.15) is 4.31 Å². The van der Waals surface area contributed by atoms with Crippen molar-refractivity contribution in [2.24, 2.45) is 5.92 Å². The Morgan fingerprint density at radius 2 is 1.90 bits per heavy atom. The summed E-state index contributed by atoms with van der Waals surface area (Å²) in [5.74, 6) is -0.0864. The highest BCUT2D eigenvalue weighted by Crippen LogP contribution is 2.35. The molecule has 2 aliphatic rings. The van der Waals surface area contributed by atoms with E-state index in [2.05, 4.69) is 15.5 Å². The summed E-state index contributed by atoms with van der Waals surface area (Å²) in [5, 5.41) is 12.8. The van der Waals surface area contributed by atoms with Gasteiger partial charge in [-0.05, 0) is 44.7 Å². The molecule has 2 aromatic heterocycles. The van der Waals surface area contributed by atoms with Gasteiger partial charge in [0.05, 0.1) is 5.92 Å². The van der Waals surface area contributed by atoms with Crippen molar-refractivity contribution in [2.45, 2.75) is 62.0 Å². The van der Waals surface area contributed by atoms with Gasteiger partial charge in [-0.25, -0.2) is 8.42 Å². The Bertz CT molecular complexity index is 963. The first-order valence-electron chi connectivity index (χ1n) is 10.1. The molecule has 0 spiro atoms. The molecule has 29 heavy (non-hydrogen) atoms. The van der Waals surface area contributed by atoms with Gasteiger partial charge >= 0.3 is 0 Å². The molecule has 2 fully saturated rings. The topological polar surface area (TPSA) is 92.3 Å². The lowest BCUT2D eigenvalue weighted by Crippen LogP contribution is -2.43. The summed E-state index contributed by atoms with van der Waals surface area (Å²) in [7, 11) is -3.54. The molecule has 3 heterocycles. The first kappa shape index (κ1) is 20.9. The number of anilines is 1. The van der Waals surface area contributed by atoms with Crippen LogP contribution in [0.4, 0.5) is 5.13 Å². The van der Waals surface area contributed by atoms with Gasteiger partial charge in [-0.3, -0.25) is 4.79 Å². The fourth-order valence-corrected chi connectivity index (χ4v) is 7.94. The molecule has 0 aromatic carbocycles. The van der Waals surface area contributed by atoms with E-state index in [9.17, 15) is 13.2 Å². The fraction of sp³-hybridized carbons (Fsp3) is 0.632. The summed E-state index contributed by atoms with van der Waals surface area (Å²) in [6.45, 7) is 2.55. The molecule has 1 saturated carbocycles. The second-order valence-electron chi connectivity index (χ2n) is 7.84. The zero-order chi connectivity index (χ0) is 20.4. The van der Waals surface area contributed by atoms with Crippen molar-refractivity contribution >= 4 is 43.7 Å². The molecule has 4 rings (SSSR count). The van der Waals surface area contributed by atoms with E-state index < -0.39 is 10.0 Å². The molecule has 1 atom stereocenters. The summed E-state index contributed by atoms with van der Waals surface area (Å²) in [6, 6.07) is 3.46. The number of hydrogen-bond donors (Lipinski definition) is 1. The normalized spacial score (nSPS) is 21.9. The third-order valence-corrected chi connectivity index (χ3v) is 10.0. The number of carbonyl (C=O) groups excluding carboxylic acids is 1. The van der Waals surface area contributed by atoms with Crippen LogP contribution in [0.2, 0.25) is 0 Å². The Morgan fingerprint density at radius 3 is 2.62 bits per heavy atom. The molecule has 10 heteroatoms. The van der Waals surface area contributed by atoms with E-state index in [-0.39, 0.29) is 18.4 Å². The second kappa shape index (κ2) is 8.79. The molecule has 1 N–H and O–H groups in total. The summed E-state index contributed by atoms with van der Waals surface area (Å²) in [6.07, 6.45) is 7.36. The highest BCUT2D eigenvalue weighted by atomic mass is 32.2. The van der Waals surface area contributed by atoms with Crippen LogP contribution in [0.1, 0.15) is 60.7 Å². The van der Waals surface area contributed by atoms with Crippen LogP contribution in [0, 0.1) is 12.8 Å². The van der Waals surface area contributed by atoms with Gasteiger partial charge in [0.2, 0.25) is 11.0 Å². The van der Waals surface area contributed by atoms with Gasteiger partial charge in [-0.1, -0.05) is 30.6 Å². The average Bonchev–Trinajstić information content (AvgIpc) is 3.38. The summed E-state index contributed by atoms with van der Waals surface area (Å²) >= 11 is 2.72.